The molecule has 1 aromatic carbocycles. The number of benzene rings is 1. The summed E-state index contributed by atoms with van der Waals surface area (Å²) in [5, 5.41) is 3.44. The monoisotopic (exact) mass is 190 g/mol. The Morgan fingerprint density at radius 1 is 1.07 bits per heavy atom. The van der Waals surface area contributed by atoms with Gasteiger partial charge >= 0.3 is 0 Å². The zero-order valence-corrected chi connectivity index (χ0v) is 8.90. The average Bonchev–Trinajstić information content (AvgIpc) is 2.19. The van der Waals surface area contributed by atoms with Gasteiger partial charge in [-0.1, -0.05) is 18.2 Å². The van der Waals surface area contributed by atoms with E-state index in [1.807, 2.05) is 0 Å². The van der Waals surface area contributed by atoms with Crippen LogP contribution in [0.25, 0.3) is 0 Å². The lowest BCUT2D eigenvalue weighted by Gasteiger charge is -2.41. The summed E-state index contributed by atoms with van der Waals surface area (Å²) in [6.07, 6.45) is 0. The normalized spacial score (nSPS) is 27.7. The van der Waals surface area contributed by atoms with Crippen molar-refractivity contribution in [2.75, 3.05) is 18.0 Å². The zero-order valence-electron chi connectivity index (χ0n) is 8.90. The number of hydrogen-bond donors (Lipinski definition) is 1. The number of para-hydroxylation sites is 1. The second-order valence-electron chi connectivity index (χ2n) is 4.10. The van der Waals surface area contributed by atoms with E-state index in [9.17, 15) is 0 Å². The van der Waals surface area contributed by atoms with Crippen molar-refractivity contribution >= 4 is 5.69 Å². The fourth-order valence-electron chi connectivity index (χ4n) is 2.24. The Morgan fingerprint density at radius 3 is 2.21 bits per heavy atom. The molecule has 0 spiro atoms. The number of anilines is 1. The maximum Gasteiger partial charge on any atom is 0.0389 e. The van der Waals surface area contributed by atoms with Gasteiger partial charge in [-0.2, -0.15) is 0 Å². The summed E-state index contributed by atoms with van der Waals surface area (Å²) < 4.78 is 0. The van der Waals surface area contributed by atoms with E-state index in [1.165, 1.54) is 5.69 Å². The quantitative estimate of drug-likeness (QED) is 0.727. The Morgan fingerprint density at radius 2 is 1.64 bits per heavy atom. The molecule has 0 unspecified atom stereocenters. The molecule has 76 valence electrons. The first-order chi connectivity index (χ1) is 6.79. The van der Waals surface area contributed by atoms with E-state index in [0.717, 1.165) is 13.1 Å². The molecule has 2 rings (SSSR count). The third-order valence-electron chi connectivity index (χ3n) is 2.88. The predicted molar refractivity (Wildman–Crippen MR) is 60.7 cm³/mol. The van der Waals surface area contributed by atoms with Gasteiger partial charge < -0.3 is 10.2 Å². The van der Waals surface area contributed by atoms with Crippen LogP contribution < -0.4 is 10.2 Å². The van der Waals surface area contributed by atoms with E-state index >= 15 is 0 Å². The minimum Gasteiger partial charge on any atom is -0.364 e. The number of piperazine rings is 1. The molecule has 0 saturated carbocycles. The van der Waals surface area contributed by atoms with Gasteiger partial charge in [0, 0.05) is 30.9 Å². The molecule has 14 heavy (non-hydrogen) atoms. The van der Waals surface area contributed by atoms with Crippen molar-refractivity contribution in [3.63, 3.8) is 0 Å². The summed E-state index contributed by atoms with van der Waals surface area (Å²) in [6, 6.07) is 11.8. The molecule has 0 amide bonds. The van der Waals surface area contributed by atoms with Crippen LogP contribution in [0.2, 0.25) is 0 Å². The average molecular weight is 190 g/mol. The second kappa shape index (κ2) is 4.01. The summed E-state index contributed by atoms with van der Waals surface area (Å²) in [5.74, 6) is 0. The third kappa shape index (κ3) is 1.75. The van der Waals surface area contributed by atoms with Gasteiger partial charge in [-0.15, -0.1) is 0 Å². The number of nitrogens with zero attached hydrogens (tertiary/aromatic N) is 1. The fraction of sp³-hybridized carbons (Fsp3) is 0.500. The first kappa shape index (κ1) is 9.53. The summed E-state index contributed by atoms with van der Waals surface area (Å²) in [4.78, 5) is 2.50. The van der Waals surface area contributed by atoms with Crippen molar-refractivity contribution in [3.8, 4) is 0 Å². The van der Waals surface area contributed by atoms with Crippen molar-refractivity contribution in [2.24, 2.45) is 0 Å². The summed E-state index contributed by atoms with van der Waals surface area (Å²) in [6.45, 7) is 6.71. The van der Waals surface area contributed by atoms with Crippen molar-refractivity contribution in [1.29, 1.82) is 0 Å². The lowest BCUT2D eigenvalue weighted by atomic mass is 10.1. The molecule has 2 heteroatoms. The highest BCUT2D eigenvalue weighted by molar-refractivity contribution is 5.48. The standard InChI is InChI=1S/C12H18N2/c1-10-8-13-9-11(2)14(10)12-6-4-3-5-7-12/h3-7,10-11,13H,8-9H2,1-2H3/t10-,11-/m0/s1. The fourth-order valence-corrected chi connectivity index (χ4v) is 2.24. The van der Waals surface area contributed by atoms with E-state index < -0.39 is 0 Å². The van der Waals surface area contributed by atoms with E-state index in [-0.39, 0.29) is 0 Å². The van der Waals surface area contributed by atoms with E-state index in [0.29, 0.717) is 12.1 Å². The van der Waals surface area contributed by atoms with Gasteiger partial charge in [0.25, 0.3) is 0 Å². The molecule has 0 aliphatic carbocycles. The van der Waals surface area contributed by atoms with Crippen LogP contribution in [-0.4, -0.2) is 25.2 Å². The van der Waals surface area contributed by atoms with E-state index in [4.69, 9.17) is 0 Å². The minimum absolute atomic E-state index is 0.584. The Kier molecular flexibility index (Phi) is 2.73. The van der Waals surface area contributed by atoms with E-state index in [1.54, 1.807) is 0 Å². The van der Waals surface area contributed by atoms with Crippen molar-refractivity contribution in [2.45, 2.75) is 25.9 Å². The lowest BCUT2D eigenvalue weighted by molar-refractivity contribution is 0.432. The number of hydrogen-bond acceptors (Lipinski definition) is 2. The Labute approximate surface area is 85.9 Å². The molecule has 1 saturated heterocycles. The van der Waals surface area contributed by atoms with Crippen molar-refractivity contribution in [1.82, 2.24) is 5.32 Å². The second-order valence-corrected chi connectivity index (χ2v) is 4.10. The highest BCUT2D eigenvalue weighted by Crippen LogP contribution is 2.20. The predicted octanol–water partition coefficient (Wildman–Crippen LogP) is 1.87. The van der Waals surface area contributed by atoms with Crippen LogP contribution in [0.5, 0.6) is 0 Å². The SMILES string of the molecule is C[C@H]1CNC[C@H](C)N1c1ccccc1. The highest BCUT2D eigenvalue weighted by atomic mass is 15.2. The smallest absolute Gasteiger partial charge is 0.0389 e. The van der Waals surface area contributed by atoms with Crippen LogP contribution in [0, 0.1) is 0 Å². The highest BCUT2D eigenvalue weighted by Gasteiger charge is 2.23. The van der Waals surface area contributed by atoms with Gasteiger partial charge in [0.15, 0.2) is 0 Å². The molecule has 1 fully saturated rings. The Balaban J connectivity index is 2.23. The summed E-state index contributed by atoms with van der Waals surface area (Å²) in [5.41, 5.74) is 1.34. The van der Waals surface area contributed by atoms with Crippen LogP contribution in [0.4, 0.5) is 5.69 Å². The molecule has 1 aliphatic rings. The molecule has 1 N–H and O–H groups in total. The largest absolute Gasteiger partial charge is 0.364 e. The van der Waals surface area contributed by atoms with Crippen molar-refractivity contribution in [3.05, 3.63) is 30.3 Å². The Hall–Kier alpha value is -1.02. The van der Waals surface area contributed by atoms with Gasteiger partial charge in [-0.25, -0.2) is 0 Å². The molecular formula is C12H18N2. The summed E-state index contributed by atoms with van der Waals surface area (Å²) >= 11 is 0. The molecule has 2 atom stereocenters. The minimum atomic E-state index is 0.584. The molecule has 0 aromatic heterocycles. The molecule has 2 nitrogen and oxygen atoms in total. The maximum absolute atomic E-state index is 3.44. The number of nitrogens with one attached hydrogen (secondary N) is 1. The van der Waals surface area contributed by atoms with Crippen molar-refractivity contribution < 1.29 is 0 Å². The summed E-state index contributed by atoms with van der Waals surface area (Å²) in [7, 11) is 0. The topological polar surface area (TPSA) is 15.3 Å². The zero-order chi connectivity index (χ0) is 9.97. The van der Waals surface area contributed by atoms with Gasteiger partial charge in [-0.05, 0) is 26.0 Å². The maximum atomic E-state index is 3.44. The van der Waals surface area contributed by atoms with Gasteiger partial charge in [0.05, 0.1) is 0 Å². The van der Waals surface area contributed by atoms with Crippen LogP contribution in [0.1, 0.15) is 13.8 Å². The van der Waals surface area contributed by atoms with Gasteiger partial charge in [0.1, 0.15) is 0 Å². The van der Waals surface area contributed by atoms with Crippen LogP contribution in [-0.2, 0) is 0 Å². The van der Waals surface area contributed by atoms with Gasteiger partial charge in [-0.3, -0.25) is 0 Å². The van der Waals surface area contributed by atoms with Crippen LogP contribution >= 0.6 is 0 Å². The molecule has 1 heterocycles. The molecular weight excluding hydrogens is 172 g/mol. The molecule has 1 aliphatic heterocycles. The van der Waals surface area contributed by atoms with Crippen LogP contribution in [0.3, 0.4) is 0 Å². The third-order valence-corrected chi connectivity index (χ3v) is 2.88. The Bertz CT molecular complexity index is 274. The lowest BCUT2D eigenvalue weighted by Crippen LogP contribution is -2.55. The molecule has 0 bridgehead atoms. The first-order valence-corrected chi connectivity index (χ1v) is 5.33. The van der Waals surface area contributed by atoms with E-state index in [2.05, 4.69) is 54.4 Å². The molecule has 0 radical (unpaired) electrons. The first-order valence-electron chi connectivity index (χ1n) is 5.33. The molecule has 1 aromatic rings. The van der Waals surface area contributed by atoms with Crippen LogP contribution in [0.15, 0.2) is 30.3 Å². The number of rotatable bonds is 1. The van der Waals surface area contributed by atoms with Gasteiger partial charge in [0.2, 0.25) is 0 Å².